The van der Waals surface area contributed by atoms with Gasteiger partial charge in [-0.05, 0) is 38.0 Å². The summed E-state index contributed by atoms with van der Waals surface area (Å²) < 4.78 is 35.3. The van der Waals surface area contributed by atoms with Crippen LogP contribution in [0.15, 0.2) is 23.1 Å². The summed E-state index contributed by atoms with van der Waals surface area (Å²) in [5, 5.41) is 12.8. The Hall–Kier alpha value is -3.27. The third kappa shape index (κ3) is 3.44. The maximum absolute atomic E-state index is 14.1. The summed E-state index contributed by atoms with van der Waals surface area (Å²) in [5.74, 6) is -3.95. The molecule has 2 aliphatic heterocycles. The first kappa shape index (κ1) is 21.9. The number of pyridine rings is 1. The van der Waals surface area contributed by atoms with E-state index in [0.717, 1.165) is 12.1 Å². The van der Waals surface area contributed by atoms with Crippen LogP contribution in [-0.2, 0) is 11.3 Å². The van der Waals surface area contributed by atoms with Crippen molar-refractivity contribution in [1.82, 2.24) is 14.8 Å². The molecule has 3 atom stereocenters. The Labute approximate surface area is 182 Å². The third-order valence-electron chi connectivity index (χ3n) is 6.16. The van der Waals surface area contributed by atoms with E-state index in [1.165, 1.54) is 22.6 Å². The highest BCUT2D eigenvalue weighted by molar-refractivity contribution is 5.99. The van der Waals surface area contributed by atoms with Gasteiger partial charge in [0, 0.05) is 32.0 Å². The highest BCUT2D eigenvalue weighted by Gasteiger charge is 2.45. The fourth-order valence-corrected chi connectivity index (χ4v) is 4.55. The first-order valence-electron chi connectivity index (χ1n) is 10.2. The number of halogens is 2. The van der Waals surface area contributed by atoms with E-state index in [1.54, 1.807) is 7.05 Å². The molecule has 0 aliphatic carbocycles. The lowest BCUT2D eigenvalue weighted by Crippen LogP contribution is -2.57. The van der Waals surface area contributed by atoms with Gasteiger partial charge in [-0.1, -0.05) is 0 Å². The maximum atomic E-state index is 14.1. The van der Waals surface area contributed by atoms with Crippen LogP contribution in [-0.4, -0.2) is 52.2 Å². The molecule has 0 spiro atoms. The third-order valence-corrected chi connectivity index (χ3v) is 6.16. The normalized spacial score (nSPS) is 22.3. The molecule has 170 valence electrons. The van der Waals surface area contributed by atoms with Gasteiger partial charge in [0.25, 0.3) is 11.8 Å². The quantitative estimate of drug-likeness (QED) is 0.748. The van der Waals surface area contributed by atoms with Crippen molar-refractivity contribution in [2.45, 2.75) is 45.0 Å². The van der Waals surface area contributed by atoms with Crippen LogP contribution < -0.4 is 10.7 Å². The summed E-state index contributed by atoms with van der Waals surface area (Å²) in [6.45, 7) is 3.28. The topological polar surface area (TPSA) is 101 Å². The summed E-state index contributed by atoms with van der Waals surface area (Å²) in [6.07, 6.45) is 1.44. The molecule has 0 unspecified atom stereocenters. The molecular formula is C22H23F2N3O5. The largest absolute Gasteiger partial charge is 0.503 e. The minimum Gasteiger partial charge on any atom is -0.503 e. The van der Waals surface area contributed by atoms with Gasteiger partial charge in [-0.3, -0.25) is 14.4 Å². The number of hydrogen-bond acceptors (Lipinski definition) is 5. The molecule has 2 aromatic rings. The van der Waals surface area contributed by atoms with E-state index < -0.39 is 46.7 Å². The second kappa shape index (κ2) is 8.01. The number of aromatic nitrogens is 1. The molecule has 1 aromatic carbocycles. The van der Waals surface area contributed by atoms with Gasteiger partial charge < -0.3 is 24.6 Å². The number of carbonyl (C=O) groups is 2. The SMILES string of the molecule is Cc1cc(F)c(CNC(=O)c2cn3c(c(O)c2=O)C(=O)N(C)[C@@H]2[C@H](C)OCC[C@@H]23)c(F)c1. The molecule has 10 heteroatoms. The average molecular weight is 447 g/mol. The molecule has 32 heavy (non-hydrogen) atoms. The number of hydrogen-bond donors (Lipinski definition) is 2. The molecule has 4 rings (SSSR count). The summed E-state index contributed by atoms with van der Waals surface area (Å²) in [5.41, 5.74) is -1.60. The van der Waals surface area contributed by atoms with E-state index in [1.807, 2.05) is 6.92 Å². The first-order chi connectivity index (χ1) is 15.1. The van der Waals surface area contributed by atoms with Crippen LogP contribution in [0.5, 0.6) is 5.75 Å². The van der Waals surface area contributed by atoms with Gasteiger partial charge in [-0.2, -0.15) is 0 Å². The van der Waals surface area contributed by atoms with E-state index in [2.05, 4.69) is 5.32 Å². The number of benzene rings is 1. The molecule has 8 nitrogen and oxygen atoms in total. The smallest absolute Gasteiger partial charge is 0.274 e. The van der Waals surface area contributed by atoms with Gasteiger partial charge in [0.15, 0.2) is 11.4 Å². The second-order valence-electron chi connectivity index (χ2n) is 8.20. The highest BCUT2D eigenvalue weighted by atomic mass is 19.1. The summed E-state index contributed by atoms with van der Waals surface area (Å²) in [6, 6.07) is 1.61. The lowest BCUT2D eigenvalue weighted by atomic mass is 9.92. The van der Waals surface area contributed by atoms with Gasteiger partial charge in [0.1, 0.15) is 17.2 Å². The van der Waals surface area contributed by atoms with Crippen molar-refractivity contribution in [2.75, 3.05) is 13.7 Å². The molecule has 0 radical (unpaired) electrons. The van der Waals surface area contributed by atoms with Crippen LogP contribution in [0.4, 0.5) is 8.78 Å². The van der Waals surface area contributed by atoms with Crippen molar-refractivity contribution in [3.05, 3.63) is 62.6 Å². The van der Waals surface area contributed by atoms with Gasteiger partial charge in [0.05, 0.1) is 18.2 Å². The van der Waals surface area contributed by atoms with E-state index in [0.29, 0.717) is 18.6 Å². The molecule has 1 aromatic heterocycles. The molecule has 2 N–H and O–H groups in total. The number of fused-ring (bicyclic) bond motifs is 3. The van der Waals surface area contributed by atoms with E-state index in [-0.39, 0.29) is 29.4 Å². The number of rotatable bonds is 3. The molecule has 2 amide bonds. The average Bonchev–Trinajstić information content (AvgIpc) is 2.72. The zero-order chi connectivity index (χ0) is 23.3. The Balaban J connectivity index is 1.70. The van der Waals surface area contributed by atoms with Crippen LogP contribution in [0, 0.1) is 18.6 Å². The monoisotopic (exact) mass is 447 g/mol. The summed E-state index contributed by atoms with van der Waals surface area (Å²) >= 11 is 0. The zero-order valence-electron chi connectivity index (χ0n) is 17.8. The fraction of sp³-hybridized carbons (Fsp3) is 0.409. The number of aromatic hydroxyl groups is 1. The number of ether oxygens (including phenoxy) is 1. The standard InChI is InChI=1S/C22H23F2N3O5/c1-10-6-14(23)12(15(24)7-10)8-25-21(30)13-9-27-16-4-5-32-11(2)17(16)26(3)22(31)18(27)20(29)19(13)28/h6-7,9,11,16-17,29H,4-5,8H2,1-3H3,(H,25,30)/t11-,16-,17+/m0/s1. The number of aryl methyl sites for hydroxylation is 1. The summed E-state index contributed by atoms with van der Waals surface area (Å²) in [4.78, 5) is 39.7. The van der Waals surface area contributed by atoms with Crippen molar-refractivity contribution in [2.24, 2.45) is 0 Å². The van der Waals surface area contributed by atoms with Crippen LogP contribution in [0.25, 0.3) is 0 Å². The maximum Gasteiger partial charge on any atom is 0.274 e. The minimum atomic E-state index is -1.03. The number of amides is 2. The van der Waals surface area contributed by atoms with Crippen molar-refractivity contribution < 1.29 is 28.2 Å². The first-order valence-corrected chi connectivity index (χ1v) is 10.2. The minimum absolute atomic E-state index is 0.194. The lowest BCUT2D eigenvalue weighted by Gasteiger charge is -2.47. The predicted molar refractivity (Wildman–Crippen MR) is 110 cm³/mol. The van der Waals surface area contributed by atoms with E-state index in [4.69, 9.17) is 4.74 Å². The molecule has 1 fully saturated rings. The molecule has 1 saturated heterocycles. The van der Waals surface area contributed by atoms with Crippen LogP contribution >= 0.6 is 0 Å². The Morgan fingerprint density at radius 2 is 1.94 bits per heavy atom. The number of nitrogens with one attached hydrogen (secondary N) is 1. The van der Waals surface area contributed by atoms with Crippen LogP contribution in [0.1, 0.15) is 51.4 Å². The van der Waals surface area contributed by atoms with Gasteiger partial charge in [-0.25, -0.2) is 8.78 Å². The van der Waals surface area contributed by atoms with Crippen molar-refractivity contribution >= 4 is 11.8 Å². The van der Waals surface area contributed by atoms with Crippen LogP contribution in [0.2, 0.25) is 0 Å². The van der Waals surface area contributed by atoms with Crippen molar-refractivity contribution in [3.63, 3.8) is 0 Å². The molecular weight excluding hydrogens is 424 g/mol. The fourth-order valence-electron chi connectivity index (χ4n) is 4.55. The highest BCUT2D eigenvalue weighted by Crippen LogP contribution is 2.36. The second-order valence-corrected chi connectivity index (χ2v) is 8.20. The molecule has 2 aliphatic rings. The molecule has 0 saturated carbocycles. The molecule has 3 heterocycles. The van der Waals surface area contributed by atoms with Gasteiger partial charge in [0.2, 0.25) is 5.43 Å². The Morgan fingerprint density at radius 3 is 2.59 bits per heavy atom. The van der Waals surface area contributed by atoms with Gasteiger partial charge >= 0.3 is 0 Å². The summed E-state index contributed by atoms with van der Waals surface area (Å²) in [7, 11) is 1.57. The Morgan fingerprint density at radius 1 is 1.28 bits per heavy atom. The Kier molecular flexibility index (Phi) is 5.49. The lowest BCUT2D eigenvalue weighted by molar-refractivity contribution is -0.0598. The number of likely N-dealkylation sites (N-methyl/N-ethyl adjacent to an activating group) is 1. The van der Waals surface area contributed by atoms with E-state index >= 15 is 0 Å². The predicted octanol–water partition coefficient (Wildman–Crippen LogP) is 1.87. The Bertz CT molecular complexity index is 1160. The van der Waals surface area contributed by atoms with Crippen molar-refractivity contribution in [3.8, 4) is 5.75 Å². The van der Waals surface area contributed by atoms with Crippen LogP contribution in [0.3, 0.4) is 0 Å². The van der Waals surface area contributed by atoms with Crippen molar-refractivity contribution in [1.29, 1.82) is 0 Å². The zero-order valence-corrected chi connectivity index (χ0v) is 17.8. The van der Waals surface area contributed by atoms with E-state index in [9.17, 15) is 28.3 Å². The van der Waals surface area contributed by atoms with Gasteiger partial charge in [-0.15, -0.1) is 0 Å². The number of carbonyl (C=O) groups excluding carboxylic acids is 2. The molecule has 0 bridgehead atoms. The number of nitrogens with zero attached hydrogens (tertiary/aromatic N) is 2.